The molecule has 0 aliphatic carbocycles. The molecule has 0 atom stereocenters. The fourth-order valence-corrected chi connectivity index (χ4v) is 0.611. The Balaban J connectivity index is 2.78. The molecule has 41 valence electrons. The number of thioether (sulfide) groups is 1. The molecule has 0 saturated carbocycles. The largest absolute Gasteiger partial charge is 0.138 e. The highest BCUT2D eigenvalue weighted by molar-refractivity contribution is 8.01. The van der Waals surface area contributed by atoms with E-state index >= 15 is 0 Å². The van der Waals surface area contributed by atoms with Gasteiger partial charge in [-0.15, -0.1) is 11.8 Å². The van der Waals surface area contributed by atoms with Crippen LogP contribution in [-0.4, -0.2) is 6.26 Å². The standard InChI is InChI=1S/C6H11S/c1-3-4-5-6-7-2/h5-6H,1,3-4H2,2H3. The third kappa shape index (κ3) is 6.09. The van der Waals surface area contributed by atoms with E-state index in [1.165, 1.54) is 0 Å². The maximum absolute atomic E-state index is 3.70. The Hall–Kier alpha value is 0.0900. The van der Waals surface area contributed by atoms with Gasteiger partial charge in [0.15, 0.2) is 0 Å². The topological polar surface area (TPSA) is 0 Å². The molecule has 0 N–H and O–H groups in total. The van der Waals surface area contributed by atoms with Gasteiger partial charge in [-0.3, -0.25) is 0 Å². The van der Waals surface area contributed by atoms with Crippen LogP contribution < -0.4 is 0 Å². The molecule has 0 spiro atoms. The summed E-state index contributed by atoms with van der Waals surface area (Å²) in [7, 11) is 0. The minimum absolute atomic E-state index is 1.01. The van der Waals surface area contributed by atoms with Gasteiger partial charge in [0.2, 0.25) is 0 Å². The smallest absolute Gasteiger partial charge is 0.0142 e. The monoisotopic (exact) mass is 115 g/mol. The summed E-state index contributed by atoms with van der Waals surface area (Å²) >= 11 is 1.73. The van der Waals surface area contributed by atoms with E-state index < -0.39 is 0 Å². The fourth-order valence-electron chi connectivity index (χ4n) is 0.282. The van der Waals surface area contributed by atoms with Crippen molar-refractivity contribution in [1.82, 2.24) is 0 Å². The molecule has 0 aromatic rings. The van der Waals surface area contributed by atoms with Crippen molar-refractivity contribution in [1.29, 1.82) is 0 Å². The maximum Gasteiger partial charge on any atom is -0.0142 e. The Labute approximate surface area is 50.0 Å². The summed E-state index contributed by atoms with van der Waals surface area (Å²) in [6.45, 7) is 3.70. The molecule has 0 nitrogen and oxygen atoms in total. The van der Waals surface area contributed by atoms with Crippen molar-refractivity contribution in [2.24, 2.45) is 0 Å². The summed E-state index contributed by atoms with van der Waals surface area (Å²) < 4.78 is 0. The van der Waals surface area contributed by atoms with Crippen molar-refractivity contribution in [3.05, 3.63) is 18.4 Å². The number of hydrogen-bond acceptors (Lipinski definition) is 1. The van der Waals surface area contributed by atoms with E-state index in [-0.39, 0.29) is 0 Å². The molecule has 0 amide bonds. The van der Waals surface area contributed by atoms with Crippen LogP contribution in [-0.2, 0) is 0 Å². The van der Waals surface area contributed by atoms with E-state index in [0.29, 0.717) is 0 Å². The van der Waals surface area contributed by atoms with Gasteiger partial charge in [-0.2, -0.15) is 0 Å². The molecular formula is C6H11S. The normalized spacial score (nSPS) is 10.6. The zero-order chi connectivity index (χ0) is 5.54. The van der Waals surface area contributed by atoms with E-state index in [9.17, 15) is 0 Å². The van der Waals surface area contributed by atoms with Gasteiger partial charge in [0.25, 0.3) is 0 Å². The molecule has 1 radical (unpaired) electrons. The molecule has 0 heterocycles. The Morgan fingerprint density at radius 1 is 1.71 bits per heavy atom. The van der Waals surface area contributed by atoms with Crippen molar-refractivity contribution in [3.8, 4) is 0 Å². The first kappa shape index (κ1) is 7.09. The minimum atomic E-state index is 1.01. The van der Waals surface area contributed by atoms with Crippen LogP contribution in [0.25, 0.3) is 0 Å². The Kier molecular flexibility index (Phi) is 6.17. The van der Waals surface area contributed by atoms with Gasteiger partial charge < -0.3 is 0 Å². The average Bonchev–Trinajstić information content (AvgIpc) is 1.69. The lowest BCUT2D eigenvalue weighted by Crippen LogP contribution is -1.57. The predicted molar refractivity (Wildman–Crippen MR) is 37.2 cm³/mol. The van der Waals surface area contributed by atoms with Crippen LogP contribution in [0.4, 0.5) is 0 Å². The van der Waals surface area contributed by atoms with Crippen molar-refractivity contribution >= 4 is 11.8 Å². The van der Waals surface area contributed by atoms with Crippen LogP contribution in [0.1, 0.15) is 12.8 Å². The highest BCUT2D eigenvalue weighted by Crippen LogP contribution is 1.96. The molecule has 0 rings (SSSR count). The molecule has 0 fully saturated rings. The summed E-state index contributed by atoms with van der Waals surface area (Å²) in [6.07, 6.45) is 6.31. The Morgan fingerprint density at radius 2 is 2.43 bits per heavy atom. The molecule has 0 aliphatic heterocycles. The van der Waals surface area contributed by atoms with Gasteiger partial charge in [-0.05, 0) is 24.5 Å². The molecule has 0 bridgehead atoms. The second kappa shape index (κ2) is 6.09. The lowest BCUT2D eigenvalue weighted by molar-refractivity contribution is 1.05. The van der Waals surface area contributed by atoms with E-state index in [1.807, 2.05) is 0 Å². The fraction of sp³-hybridized carbons (Fsp3) is 0.500. The number of hydrogen-bond donors (Lipinski definition) is 0. The summed E-state index contributed by atoms with van der Waals surface area (Å²) in [5.74, 6) is 0. The number of rotatable bonds is 3. The summed E-state index contributed by atoms with van der Waals surface area (Å²) in [6, 6.07) is 0. The first-order valence-electron chi connectivity index (χ1n) is 2.39. The third-order valence-corrected chi connectivity index (χ3v) is 1.07. The van der Waals surface area contributed by atoms with Crippen molar-refractivity contribution in [2.45, 2.75) is 12.8 Å². The van der Waals surface area contributed by atoms with Crippen molar-refractivity contribution in [3.63, 3.8) is 0 Å². The lowest BCUT2D eigenvalue weighted by atomic mass is 10.3. The Bertz CT molecular complexity index is 48.1. The van der Waals surface area contributed by atoms with Gasteiger partial charge in [-0.1, -0.05) is 13.0 Å². The van der Waals surface area contributed by atoms with Gasteiger partial charge in [0, 0.05) is 0 Å². The minimum Gasteiger partial charge on any atom is -0.138 e. The highest BCUT2D eigenvalue weighted by atomic mass is 32.2. The molecule has 0 aliphatic rings. The summed E-state index contributed by atoms with van der Waals surface area (Å²) in [4.78, 5) is 0. The zero-order valence-electron chi connectivity index (χ0n) is 4.68. The SMILES string of the molecule is [CH2]CCC=CSC. The van der Waals surface area contributed by atoms with Crippen molar-refractivity contribution in [2.75, 3.05) is 6.26 Å². The maximum atomic E-state index is 3.70. The second-order valence-corrected chi connectivity index (χ2v) is 1.99. The van der Waals surface area contributed by atoms with Crippen LogP contribution in [0.15, 0.2) is 11.5 Å². The predicted octanol–water partition coefficient (Wildman–Crippen LogP) is 2.48. The third-order valence-electron chi connectivity index (χ3n) is 0.603. The number of unbranched alkanes of at least 4 members (excludes halogenated alkanes) is 1. The zero-order valence-corrected chi connectivity index (χ0v) is 5.50. The summed E-state index contributed by atoms with van der Waals surface area (Å²) in [5, 5.41) is 2.09. The van der Waals surface area contributed by atoms with Gasteiger partial charge in [-0.25, -0.2) is 0 Å². The first-order valence-corrected chi connectivity index (χ1v) is 3.67. The molecule has 0 aromatic carbocycles. The molecule has 7 heavy (non-hydrogen) atoms. The second-order valence-electron chi connectivity index (χ2n) is 1.25. The van der Waals surface area contributed by atoms with Gasteiger partial charge in [0.05, 0.1) is 0 Å². The van der Waals surface area contributed by atoms with Crippen LogP contribution in [0.5, 0.6) is 0 Å². The van der Waals surface area contributed by atoms with Crippen LogP contribution in [0.2, 0.25) is 0 Å². The average molecular weight is 115 g/mol. The molecule has 1 heteroatoms. The van der Waals surface area contributed by atoms with Crippen LogP contribution >= 0.6 is 11.8 Å². The van der Waals surface area contributed by atoms with Crippen molar-refractivity contribution < 1.29 is 0 Å². The number of allylic oxidation sites excluding steroid dienone is 1. The van der Waals surface area contributed by atoms with E-state index in [1.54, 1.807) is 11.8 Å². The molecule has 0 saturated heterocycles. The van der Waals surface area contributed by atoms with E-state index in [4.69, 9.17) is 0 Å². The van der Waals surface area contributed by atoms with Gasteiger partial charge in [0.1, 0.15) is 0 Å². The molecule has 0 aromatic heterocycles. The van der Waals surface area contributed by atoms with Gasteiger partial charge >= 0.3 is 0 Å². The van der Waals surface area contributed by atoms with Crippen LogP contribution in [0.3, 0.4) is 0 Å². The van der Waals surface area contributed by atoms with E-state index in [2.05, 4.69) is 24.7 Å². The van der Waals surface area contributed by atoms with E-state index in [0.717, 1.165) is 12.8 Å². The lowest BCUT2D eigenvalue weighted by Gasteiger charge is -1.79. The first-order chi connectivity index (χ1) is 3.41. The quantitative estimate of drug-likeness (QED) is 0.544. The summed E-state index contributed by atoms with van der Waals surface area (Å²) in [5.41, 5.74) is 0. The Morgan fingerprint density at radius 3 is 2.86 bits per heavy atom. The molecular weight excluding hydrogens is 104 g/mol. The molecule has 0 unspecified atom stereocenters. The highest BCUT2D eigenvalue weighted by Gasteiger charge is 1.68. The van der Waals surface area contributed by atoms with Crippen LogP contribution in [0, 0.1) is 6.92 Å².